The largest absolute Gasteiger partial charge is 0.481 e. The predicted molar refractivity (Wildman–Crippen MR) is 62.2 cm³/mol. The van der Waals surface area contributed by atoms with Crippen molar-refractivity contribution in [3.8, 4) is 0 Å². The van der Waals surface area contributed by atoms with Gasteiger partial charge in [0.15, 0.2) is 5.66 Å². The molecule has 0 aromatic rings. The van der Waals surface area contributed by atoms with Gasteiger partial charge in [-0.05, 0) is 13.8 Å². The Morgan fingerprint density at radius 1 is 1.18 bits per heavy atom. The van der Waals surface area contributed by atoms with E-state index in [1.165, 1.54) is 0 Å². The fourth-order valence-electron chi connectivity index (χ4n) is 1.27. The van der Waals surface area contributed by atoms with Crippen LogP contribution in [0.25, 0.3) is 0 Å². The van der Waals surface area contributed by atoms with Crippen LogP contribution in [0.2, 0.25) is 0 Å². The first-order valence-corrected chi connectivity index (χ1v) is 7.15. The number of carbonyl (C=O) groups excluding carboxylic acids is 1. The summed E-state index contributed by atoms with van der Waals surface area (Å²) in [6.07, 6.45) is -0.134. The summed E-state index contributed by atoms with van der Waals surface area (Å²) in [7, 11) is -3.77. The van der Waals surface area contributed by atoms with Gasteiger partial charge < -0.3 is 14.2 Å². The molecule has 0 heterocycles. The van der Waals surface area contributed by atoms with Crippen molar-refractivity contribution in [2.75, 3.05) is 13.2 Å². The van der Waals surface area contributed by atoms with Crippen LogP contribution in [0.5, 0.6) is 0 Å². The summed E-state index contributed by atoms with van der Waals surface area (Å²) in [5.41, 5.74) is -1.42. The van der Waals surface area contributed by atoms with Gasteiger partial charge in [0, 0.05) is 12.8 Å². The lowest BCUT2D eigenvalue weighted by Gasteiger charge is -2.22. The third-order valence-electron chi connectivity index (χ3n) is 2.10. The molecule has 0 radical (unpaired) electrons. The Morgan fingerprint density at radius 2 is 1.65 bits per heavy atom. The SMILES string of the molecule is CCOP(=O)(OCC)C(CC(=O)CC)C(=O)O. The molecule has 0 aliphatic heterocycles. The molecule has 0 saturated heterocycles. The summed E-state index contributed by atoms with van der Waals surface area (Å²) in [5.74, 6) is -1.62. The van der Waals surface area contributed by atoms with Crippen molar-refractivity contribution < 1.29 is 28.3 Å². The highest BCUT2D eigenvalue weighted by Gasteiger charge is 2.42. The molecule has 0 aliphatic rings. The van der Waals surface area contributed by atoms with Crippen LogP contribution in [-0.2, 0) is 23.2 Å². The molecule has 0 saturated carbocycles. The van der Waals surface area contributed by atoms with Crippen LogP contribution in [0.3, 0.4) is 0 Å². The number of Topliss-reactive ketones (excluding diaryl/α,β-unsaturated/α-hetero) is 1. The first-order valence-electron chi connectivity index (χ1n) is 5.54. The van der Waals surface area contributed by atoms with Crippen molar-refractivity contribution in [2.45, 2.75) is 39.3 Å². The zero-order valence-electron chi connectivity index (χ0n) is 10.3. The summed E-state index contributed by atoms with van der Waals surface area (Å²) in [6.45, 7) is 4.94. The second-order valence-electron chi connectivity index (χ2n) is 3.33. The maximum absolute atomic E-state index is 12.2. The van der Waals surface area contributed by atoms with Crippen molar-refractivity contribution in [3.05, 3.63) is 0 Å². The zero-order valence-corrected chi connectivity index (χ0v) is 11.2. The second-order valence-corrected chi connectivity index (χ2v) is 5.55. The maximum Gasteiger partial charge on any atom is 0.345 e. The van der Waals surface area contributed by atoms with Gasteiger partial charge in [-0.15, -0.1) is 0 Å². The minimum atomic E-state index is -3.77. The first kappa shape index (κ1) is 16.3. The molecule has 0 spiro atoms. The van der Waals surface area contributed by atoms with Crippen LogP contribution in [0.1, 0.15) is 33.6 Å². The number of aliphatic carboxylic acids is 1. The van der Waals surface area contributed by atoms with Gasteiger partial charge in [0.1, 0.15) is 5.78 Å². The number of carboxylic acid groups (broad SMARTS) is 1. The molecule has 1 atom stereocenters. The average molecular weight is 266 g/mol. The highest BCUT2D eigenvalue weighted by Crippen LogP contribution is 2.54. The van der Waals surface area contributed by atoms with E-state index in [0.29, 0.717) is 0 Å². The lowest BCUT2D eigenvalue weighted by molar-refractivity contribution is -0.138. The molecular weight excluding hydrogens is 247 g/mol. The molecule has 17 heavy (non-hydrogen) atoms. The van der Waals surface area contributed by atoms with Crippen LogP contribution in [0.15, 0.2) is 0 Å². The lowest BCUT2D eigenvalue weighted by atomic mass is 10.2. The minimum absolute atomic E-state index is 0.0708. The summed E-state index contributed by atoms with van der Waals surface area (Å²) in [5, 5.41) is 9.02. The standard InChI is InChI=1S/C10H19O6P/c1-4-8(11)7-9(10(12)13)17(14,15-5-2)16-6-3/h9H,4-7H2,1-3H3,(H,12,13). The second kappa shape index (κ2) is 7.58. The molecule has 0 rings (SSSR count). The van der Waals surface area contributed by atoms with Gasteiger partial charge in [-0.2, -0.15) is 0 Å². The van der Waals surface area contributed by atoms with E-state index in [1.54, 1.807) is 20.8 Å². The Balaban J connectivity index is 5.03. The molecule has 1 unspecified atom stereocenters. The summed E-state index contributed by atoms with van der Waals surface area (Å²) >= 11 is 0. The number of carbonyl (C=O) groups is 2. The monoisotopic (exact) mass is 266 g/mol. The van der Waals surface area contributed by atoms with E-state index in [2.05, 4.69) is 0 Å². The fraction of sp³-hybridized carbons (Fsp3) is 0.800. The molecular formula is C10H19O6P. The molecule has 6 nitrogen and oxygen atoms in total. The van der Waals surface area contributed by atoms with E-state index in [-0.39, 0.29) is 31.8 Å². The maximum atomic E-state index is 12.2. The molecule has 100 valence electrons. The first-order chi connectivity index (χ1) is 7.91. The fourth-order valence-corrected chi connectivity index (χ4v) is 3.12. The summed E-state index contributed by atoms with van der Waals surface area (Å²) in [4.78, 5) is 22.3. The predicted octanol–water partition coefficient (Wildman–Crippen LogP) is 2.07. The van der Waals surface area contributed by atoms with Crippen molar-refractivity contribution in [2.24, 2.45) is 0 Å². The van der Waals surface area contributed by atoms with Gasteiger partial charge in [-0.1, -0.05) is 6.92 Å². The van der Waals surface area contributed by atoms with Gasteiger partial charge in [-0.3, -0.25) is 14.2 Å². The van der Waals surface area contributed by atoms with Crippen LogP contribution < -0.4 is 0 Å². The molecule has 0 aliphatic carbocycles. The van der Waals surface area contributed by atoms with Crippen molar-refractivity contribution in [1.82, 2.24) is 0 Å². The van der Waals surface area contributed by atoms with Crippen LogP contribution in [0.4, 0.5) is 0 Å². The Bertz CT molecular complexity index is 304. The van der Waals surface area contributed by atoms with Crippen LogP contribution in [-0.4, -0.2) is 35.7 Å². The normalized spacial score (nSPS) is 13.4. The Labute approximate surface area is 101 Å². The molecule has 0 bridgehead atoms. The van der Waals surface area contributed by atoms with Gasteiger partial charge in [-0.25, -0.2) is 0 Å². The molecule has 0 aromatic heterocycles. The highest BCUT2D eigenvalue weighted by atomic mass is 31.2. The average Bonchev–Trinajstić information content (AvgIpc) is 2.25. The number of hydrogen-bond donors (Lipinski definition) is 1. The molecule has 1 N–H and O–H groups in total. The number of ketones is 1. The highest BCUT2D eigenvalue weighted by molar-refractivity contribution is 7.55. The smallest absolute Gasteiger partial charge is 0.345 e. The van der Waals surface area contributed by atoms with E-state index in [1.807, 2.05) is 0 Å². The van der Waals surface area contributed by atoms with Crippen molar-refractivity contribution in [3.63, 3.8) is 0 Å². The van der Waals surface area contributed by atoms with Crippen LogP contribution >= 0.6 is 7.60 Å². The zero-order chi connectivity index (χ0) is 13.5. The lowest BCUT2D eigenvalue weighted by Crippen LogP contribution is -2.26. The molecule has 7 heteroatoms. The molecule has 0 amide bonds. The Morgan fingerprint density at radius 3 is 1.94 bits per heavy atom. The number of carboxylic acids is 1. The van der Waals surface area contributed by atoms with E-state index in [9.17, 15) is 14.2 Å². The van der Waals surface area contributed by atoms with Crippen LogP contribution in [0, 0.1) is 0 Å². The molecule has 0 fully saturated rings. The third-order valence-corrected chi connectivity index (χ3v) is 4.50. The molecule has 0 aromatic carbocycles. The Kier molecular flexibility index (Phi) is 7.27. The Hall–Kier alpha value is -0.710. The van der Waals surface area contributed by atoms with E-state index in [4.69, 9.17) is 14.2 Å². The van der Waals surface area contributed by atoms with Gasteiger partial charge in [0.2, 0.25) is 0 Å². The number of rotatable bonds is 9. The van der Waals surface area contributed by atoms with Gasteiger partial charge >= 0.3 is 13.6 Å². The van der Waals surface area contributed by atoms with E-state index in [0.717, 1.165) is 0 Å². The quantitative estimate of drug-likeness (QED) is 0.642. The topological polar surface area (TPSA) is 89.9 Å². The van der Waals surface area contributed by atoms with Crippen molar-refractivity contribution in [1.29, 1.82) is 0 Å². The summed E-state index contributed by atoms with van der Waals surface area (Å²) in [6, 6.07) is 0. The number of hydrogen-bond acceptors (Lipinski definition) is 5. The third kappa shape index (κ3) is 4.98. The minimum Gasteiger partial charge on any atom is -0.481 e. The van der Waals surface area contributed by atoms with Crippen molar-refractivity contribution >= 4 is 19.3 Å². The van der Waals surface area contributed by atoms with Gasteiger partial charge in [0.25, 0.3) is 0 Å². The van der Waals surface area contributed by atoms with E-state index < -0.39 is 19.2 Å². The summed E-state index contributed by atoms with van der Waals surface area (Å²) < 4.78 is 22.1. The van der Waals surface area contributed by atoms with E-state index >= 15 is 0 Å². The van der Waals surface area contributed by atoms with Gasteiger partial charge in [0.05, 0.1) is 13.2 Å².